The highest BCUT2D eigenvalue weighted by atomic mass is 16.7. The van der Waals surface area contributed by atoms with Crippen LogP contribution >= 0.6 is 0 Å². The Morgan fingerprint density at radius 2 is 1.88 bits per heavy atom. The second-order valence-electron chi connectivity index (χ2n) is 5.10. The van der Waals surface area contributed by atoms with Gasteiger partial charge < -0.3 is 5.11 Å². The number of carboxylic acid groups (broad SMARTS) is 1. The standard InChI is InChI=1S/C13H19NO3/c1-13(2,3)10-17-14(9-12(15)16)11-7-5-4-6-8-11/h4-8H,9-10H2,1-3H3,(H,15,16). The number of carboxylic acids is 1. The van der Waals surface area contributed by atoms with Crippen LogP contribution in [0.15, 0.2) is 30.3 Å². The summed E-state index contributed by atoms with van der Waals surface area (Å²) in [5, 5.41) is 10.3. The highest BCUT2D eigenvalue weighted by Gasteiger charge is 2.16. The van der Waals surface area contributed by atoms with E-state index in [4.69, 9.17) is 9.94 Å². The van der Waals surface area contributed by atoms with Gasteiger partial charge in [0.25, 0.3) is 0 Å². The predicted octanol–water partition coefficient (Wildman–Crippen LogP) is 2.56. The molecule has 0 aromatic heterocycles. The van der Waals surface area contributed by atoms with E-state index in [-0.39, 0.29) is 12.0 Å². The number of benzene rings is 1. The van der Waals surface area contributed by atoms with Gasteiger partial charge in [0.05, 0.1) is 12.3 Å². The van der Waals surface area contributed by atoms with Gasteiger partial charge in [0.15, 0.2) is 0 Å². The molecule has 0 fully saturated rings. The van der Waals surface area contributed by atoms with Crippen LogP contribution in [0.1, 0.15) is 20.8 Å². The third-order valence-electron chi connectivity index (χ3n) is 1.98. The number of nitrogens with zero attached hydrogens (tertiary/aromatic N) is 1. The minimum absolute atomic E-state index is 0.00840. The number of rotatable bonds is 5. The van der Waals surface area contributed by atoms with E-state index in [0.717, 1.165) is 5.69 Å². The zero-order valence-corrected chi connectivity index (χ0v) is 10.5. The number of hydrogen-bond donors (Lipinski definition) is 1. The summed E-state index contributed by atoms with van der Waals surface area (Å²) in [5.41, 5.74) is 0.741. The fourth-order valence-electron chi connectivity index (χ4n) is 1.20. The number of hydrogen-bond acceptors (Lipinski definition) is 3. The number of para-hydroxylation sites is 1. The molecule has 0 atom stereocenters. The fraction of sp³-hybridized carbons (Fsp3) is 0.462. The van der Waals surface area contributed by atoms with Crippen LogP contribution in [-0.4, -0.2) is 24.2 Å². The van der Waals surface area contributed by atoms with E-state index in [1.165, 1.54) is 5.06 Å². The Hall–Kier alpha value is -1.55. The van der Waals surface area contributed by atoms with Crippen molar-refractivity contribution in [2.45, 2.75) is 20.8 Å². The molecule has 4 nitrogen and oxygen atoms in total. The molecule has 1 rings (SSSR count). The Morgan fingerprint density at radius 1 is 1.29 bits per heavy atom. The first-order valence-corrected chi connectivity index (χ1v) is 5.56. The van der Waals surface area contributed by atoms with Gasteiger partial charge in [-0.3, -0.25) is 9.63 Å². The summed E-state index contributed by atoms with van der Waals surface area (Å²) < 4.78 is 0. The average molecular weight is 237 g/mol. The lowest BCUT2D eigenvalue weighted by atomic mass is 9.99. The number of anilines is 1. The molecule has 0 saturated heterocycles. The van der Waals surface area contributed by atoms with Crippen LogP contribution in [0.3, 0.4) is 0 Å². The summed E-state index contributed by atoms with van der Waals surface area (Å²) in [6.07, 6.45) is 0. The average Bonchev–Trinajstić information content (AvgIpc) is 2.24. The highest BCUT2D eigenvalue weighted by molar-refractivity contribution is 5.72. The molecule has 1 aromatic carbocycles. The van der Waals surface area contributed by atoms with Crippen molar-refractivity contribution in [3.8, 4) is 0 Å². The summed E-state index contributed by atoms with van der Waals surface area (Å²) >= 11 is 0. The summed E-state index contributed by atoms with van der Waals surface area (Å²) in [7, 11) is 0. The van der Waals surface area contributed by atoms with Gasteiger partial charge in [-0.15, -0.1) is 0 Å². The van der Waals surface area contributed by atoms with Crippen molar-refractivity contribution >= 4 is 11.7 Å². The monoisotopic (exact) mass is 237 g/mol. The van der Waals surface area contributed by atoms with Crippen molar-refractivity contribution in [2.24, 2.45) is 5.41 Å². The van der Waals surface area contributed by atoms with Crippen molar-refractivity contribution in [3.05, 3.63) is 30.3 Å². The van der Waals surface area contributed by atoms with Gasteiger partial charge in [-0.1, -0.05) is 39.0 Å². The molecule has 0 unspecified atom stereocenters. The molecule has 1 N–H and O–H groups in total. The fourth-order valence-corrected chi connectivity index (χ4v) is 1.20. The molecule has 0 bridgehead atoms. The molecule has 0 spiro atoms. The third-order valence-corrected chi connectivity index (χ3v) is 1.98. The van der Waals surface area contributed by atoms with Crippen molar-refractivity contribution in [1.82, 2.24) is 0 Å². The number of hydroxylamine groups is 1. The second kappa shape index (κ2) is 5.68. The van der Waals surface area contributed by atoms with E-state index >= 15 is 0 Å². The van der Waals surface area contributed by atoms with Gasteiger partial charge in [0.1, 0.15) is 6.54 Å². The molecular weight excluding hydrogens is 218 g/mol. The first-order valence-electron chi connectivity index (χ1n) is 5.56. The van der Waals surface area contributed by atoms with Gasteiger partial charge in [0.2, 0.25) is 0 Å². The van der Waals surface area contributed by atoms with Gasteiger partial charge >= 0.3 is 5.97 Å². The van der Waals surface area contributed by atoms with Crippen LogP contribution < -0.4 is 5.06 Å². The van der Waals surface area contributed by atoms with E-state index < -0.39 is 5.97 Å². The quantitative estimate of drug-likeness (QED) is 0.800. The minimum atomic E-state index is -0.914. The van der Waals surface area contributed by atoms with Crippen molar-refractivity contribution in [1.29, 1.82) is 0 Å². The molecule has 94 valence electrons. The van der Waals surface area contributed by atoms with Crippen LogP contribution in [0.5, 0.6) is 0 Å². The number of carbonyl (C=O) groups is 1. The lowest BCUT2D eigenvalue weighted by Gasteiger charge is -2.26. The van der Waals surface area contributed by atoms with E-state index in [0.29, 0.717) is 6.61 Å². The topological polar surface area (TPSA) is 49.8 Å². The van der Waals surface area contributed by atoms with E-state index in [9.17, 15) is 4.79 Å². The van der Waals surface area contributed by atoms with Gasteiger partial charge in [0, 0.05) is 0 Å². The Morgan fingerprint density at radius 3 is 2.35 bits per heavy atom. The van der Waals surface area contributed by atoms with Crippen molar-refractivity contribution < 1.29 is 14.7 Å². The second-order valence-corrected chi connectivity index (χ2v) is 5.10. The van der Waals surface area contributed by atoms with E-state index in [1.54, 1.807) is 0 Å². The molecule has 0 aliphatic heterocycles. The van der Waals surface area contributed by atoms with Crippen LogP contribution in [0.25, 0.3) is 0 Å². The molecular formula is C13H19NO3. The molecule has 0 amide bonds. The lowest BCUT2D eigenvalue weighted by molar-refractivity contribution is -0.137. The Labute approximate surface area is 102 Å². The Balaban J connectivity index is 2.71. The van der Waals surface area contributed by atoms with Crippen LogP contribution in [0, 0.1) is 5.41 Å². The minimum Gasteiger partial charge on any atom is -0.480 e. The van der Waals surface area contributed by atoms with Crippen LogP contribution in [0.2, 0.25) is 0 Å². The van der Waals surface area contributed by atoms with Gasteiger partial charge in [-0.05, 0) is 17.5 Å². The maximum atomic E-state index is 10.8. The maximum Gasteiger partial charge on any atom is 0.325 e. The van der Waals surface area contributed by atoms with Crippen LogP contribution in [0.4, 0.5) is 5.69 Å². The zero-order valence-electron chi connectivity index (χ0n) is 10.5. The molecule has 0 radical (unpaired) electrons. The normalized spacial score (nSPS) is 11.2. The first-order chi connectivity index (χ1) is 7.88. The molecule has 0 heterocycles. The summed E-state index contributed by atoms with van der Waals surface area (Å²) in [5.74, 6) is -0.914. The summed E-state index contributed by atoms with van der Waals surface area (Å²) in [6, 6.07) is 9.23. The van der Waals surface area contributed by atoms with E-state index in [2.05, 4.69) is 0 Å². The predicted molar refractivity (Wildman–Crippen MR) is 66.8 cm³/mol. The summed E-state index contributed by atoms with van der Waals surface area (Å²) in [4.78, 5) is 16.3. The Kier molecular flexibility index (Phi) is 4.52. The zero-order chi connectivity index (χ0) is 12.9. The SMILES string of the molecule is CC(C)(C)CON(CC(=O)O)c1ccccc1. The van der Waals surface area contributed by atoms with Crippen LogP contribution in [-0.2, 0) is 9.63 Å². The molecule has 0 aliphatic rings. The largest absolute Gasteiger partial charge is 0.480 e. The smallest absolute Gasteiger partial charge is 0.325 e. The molecule has 17 heavy (non-hydrogen) atoms. The van der Waals surface area contributed by atoms with E-state index in [1.807, 2.05) is 51.1 Å². The Bertz CT molecular complexity index is 357. The maximum absolute atomic E-state index is 10.8. The lowest BCUT2D eigenvalue weighted by Crippen LogP contribution is -2.33. The highest BCUT2D eigenvalue weighted by Crippen LogP contribution is 2.18. The van der Waals surface area contributed by atoms with Gasteiger partial charge in [-0.25, -0.2) is 5.06 Å². The van der Waals surface area contributed by atoms with Crippen molar-refractivity contribution in [3.63, 3.8) is 0 Å². The summed E-state index contributed by atoms with van der Waals surface area (Å²) in [6.45, 7) is 6.42. The molecule has 1 aromatic rings. The van der Waals surface area contributed by atoms with Gasteiger partial charge in [-0.2, -0.15) is 0 Å². The number of aliphatic carboxylic acids is 1. The molecule has 0 aliphatic carbocycles. The third kappa shape index (κ3) is 5.36. The first kappa shape index (κ1) is 13.5. The van der Waals surface area contributed by atoms with Crippen molar-refractivity contribution in [2.75, 3.05) is 18.2 Å². The molecule has 4 heteroatoms. The molecule has 0 saturated carbocycles.